The summed E-state index contributed by atoms with van der Waals surface area (Å²) in [5.74, 6) is 1.30. The molecule has 0 amide bonds. The number of halogens is 1. The van der Waals surface area contributed by atoms with Gasteiger partial charge in [-0.05, 0) is 40.2 Å². The Bertz CT molecular complexity index is 794. The fourth-order valence-electron chi connectivity index (χ4n) is 5.47. The Kier molecular flexibility index (Phi) is 2.51. The van der Waals surface area contributed by atoms with Crippen molar-refractivity contribution in [2.24, 2.45) is 11.8 Å². The van der Waals surface area contributed by atoms with Crippen LogP contribution in [-0.4, -0.2) is 17.5 Å². The molecule has 2 nitrogen and oxygen atoms in total. The maximum Gasteiger partial charge on any atom is 0.302 e. The summed E-state index contributed by atoms with van der Waals surface area (Å²) >= 11 is 6.64. The molecule has 0 radical (unpaired) electrons. The summed E-state index contributed by atoms with van der Waals surface area (Å²) in [7, 11) is 0. The lowest BCUT2D eigenvalue weighted by Gasteiger charge is -2.28. The van der Waals surface area contributed by atoms with Gasteiger partial charge in [0.05, 0.1) is 0 Å². The van der Waals surface area contributed by atoms with Gasteiger partial charge in [-0.2, -0.15) is 0 Å². The van der Waals surface area contributed by atoms with Crippen LogP contribution in [0.2, 0.25) is 0 Å². The fraction of sp³-hybridized carbons (Fsp3) is 0.421. The standard InChI is InChI=1S/C19H17ClO2/c1-9(21)22-19-13-8-14(20)18(19)17-12-7-3-5-10-4-2-6-11(15(10)12)16(13)17/h2-7,13-14,16-19H,8H2,1H3/t13-,14+,16-,17-,18+,19-/m1/s1. The summed E-state index contributed by atoms with van der Waals surface area (Å²) < 4.78 is 5.69. The molecule has 3 heteroatoms. The van der Waals surface area contributed by atoms with E-state index >= 15 is 0 Å². The van der Waals surface area contributed by atoms with E-state index in [1.54, 1.807) is 0 Å². The molecule has 0 aliphatic heterocycles. The highest BCUT2D eigenvalue weighted by Crippen LogP contribution is 2.67. The Labute approximate surface area is 134 Å². The molecule has 6 atom stereocenters. The molecule has 22 heavy (non-hydrogen) atoms. The van der Waals surface area contributed by atoms with Gasteiger partial charge >= 0.3 is 5.97 Å². The van der Waals surface area contributed by atoms with Crippen LogP contribution >= 0.6 is 11.6 Å². The lowest BCUT2D eigenvalue weighted by molar-refractivity contribution is -0.148. The number of carbonyl (C=O) groups excluding carboxylic acids is 1. The summed E-state index contributed by atoms with van der Waals surface area (Å²) in [5.41, 5.74) is 2.85. The highest BCUT2D eigenvalue weighted by atomic mass is 35.5. The second kappa shape index (κ2) is 4.26. The number of fused-ring (bicyclic) bond motifs is 7. The van der Waals surface area contributed by atoms with Crippen molar-refractivity contribution in [2.45, 2.75) is 36.7 Å². The molecule has 2 bridgehead atoms. The monoisotopic (exact) mass is 312 g/mol. The van der Waals surface area contributed by atoms with Gasteiger partial charge in [0.1, 0.15) is 6.10 Å². The number of carbonyl (C=O) groups is 1. The first-order valence-electron chi connectivity index (χ1n) is 7.99. The molecular weight excluding hydrogens is 296 g/mol. The van der Waals surface area contributed by atoms with Crippen molar-refractivity contribution in [3.05, 3.63) is 47.5 Å². The summed E-state index contributed by atoms with van der Waals surface area (Å²) in [6, 6.07) is 13.2. The lowest BCUT2D eigenvalue weighted by atomic mass is 9.78. The van der Waals surface area contributed by atoms with Crippen LogP contribution in [0, 0.1) is 11.8 Å². The van der Waals surface area contributed by atoms with Crippen molar-refractivity contribution in [1.82, 2.24) is 0 Å². The third-order valence-corrected chi connectivity index (χ3v) is 6.44. The van der Waals surface area contributed by atoms with Crippen LogP contribution in [0.3, 0.4) is 0 Å². The van der Waals surface area contributed by atoms with Crippen LogP contribution < -0.4 is 0 Å². The molecule has 0 N–H and O–H groups in total. The number of alkyl halides is 1. The van der Waals surface area contributed by atoms with Crippen LogP contribution in [0.5, 0.6) is 0 Å². The quantitative estimate of drug-likeness (QED) is 0.582. The number of ether oxygens (including phenoxy) is 1. The van der Waals surface area contributed by atoms with E-state index in [0.29, 0.717) is 17.8 Å². The van der Waals surface area contributed by atoms with Crippen LogP contribution in [0.25, 0.3) is 10.8 Å². The minimum atomic E-state index is -0.183. The van der Waals surface area contributed by atoms with Crippen molar-refractivity contribution >= 4 is 28.3 Å². The van der Waals surface area contributed by atoms with Crippen molar-refractivity contribution in [2.75, 3.05) is 0 Å². The van der Waals surface area contributed by atoms with E-state index in [4.69, 9.17) is 16.3 Å². The third kappa shape index (κ3) is 1.44. The van der Waals surface area contributed by atoms with E-state index in [1.165, 1.54) is 28.8 Å². The first kappa shape index (κ1) is 13.0. The number of benzene rings is 2. The predicted octanol–water partition coefficient (Wildman–Crippen LogP) is 4.21. The zero-order chi connectivity index (χ0) is 15.0. The summed E-state index contributed by atoms with van der Waals surface area (Å²) in [5, 5.41) is 2.85. The van der Waals surface area contributed by atoms with Gasteiger partial charge in [-0.25, -0.2) is 0 Å². The van der Waals surface area contributed by atoms with E-state index in [0.717, 1.165) is 6.42 Å². The van der Waals surface area contributed by atoms with E-state index in [-0.39, 0.29) is 23.4 Å². The zero-order valence-electron chi connectivity index (χ0n) is 12.3. The second-order valence-corrected chi connectivity index (χ2v) is 7.47. The summed E-state index contributed by atoms with van der Waals surface area (Å²) in [6.45, 7) is 1.51. The van der Waals surface area contributed by atoms with Crippen LogP contribution in [0.1, 0.15) is 36.3 Å². The molecule has 0 heterocycles. The van der Waals surface area contributed by atoms with E-state index in [2.05, 4.69) is 36.4 Å². The smallest absolute Gasteiger partial charge is 0.302 e. The SMILES string of the molecule is CC(=O)O[C@@H]1[C@@H]2C[C@H](Cl)[C@H]1[C@@H]1c3cccc4cccc(c34)[C@H]21. The van der Waals surface area contributed by atoms with Crippen LogP contribution in [0.4, 0.5) is 0 Å². The molecular formula is C19H17ClO2. The van der Waals surface area contributed by atoms with Crippen LogP contribution in [-0.2, 0) is 9.53 Å². The number of hydrogen-bond acceptors (Lipinski definition) is 2. The van der Waals surface area contributed by atoms with Crippen molar-refractivity contribution < 1.29 is 9.53 Å². The van der Waals surface area contributed by atoms with E-state index < -0.39 is 0 Å². The molecule has 2 saturated carbocycles. The van der Waals surface area contributed by atoms with Gasteiger partial charge < -0.3 is 4.74 Å². The van der Waals surface area contributed by atoms with Crippen LogP contribution in [0.15, 0.2) is 36.4 Å². The maximum absolute atomic E-state index is 11.5. The van der Waals surface area contributed by atoms with Crippen molar-refractivity contribution in [1.29, 1.82) is 0 Å². The number of rotatable bonds is 1. The minimum absolute atomic E-state index is 0.0152. The highest BCUT2D eigenvalue weighted by molar-refractivity contribution is 6.21. The predicted molar refractivity (Wildman–Crippen MR) is 86.2 cm³/mol. The Morgan fingerprint density at radius 2 is 1.82 bits per heavy atom. The lowest BCUT2D eigenvalue weighted by Crippen LogP contribution is -2.26. The van der Waals surface area contributed by atoms with E-state index in [1.807, 2.05) is 0 Å². The third-order valence-electron chi connectivity index (χ3n) is 5.97. The first-order valence-corrected chi connectivity index (χ1v) is 8.43. The van der Waals surface area contributed by atoms with E-state index in [9.17, 15) is 4.79 Å². The molecule has 0 aromatic heterocycles. The molecule has 3 aliphatic rings. The summed E-state index contributed by atoms with van der Waals surface area (Å²) in [6.07, 6.45) is 0.939. The number of hydrogen-bond donors (Lipinski definition) is 0. The zero-order valence-corrected chi connectivity index (χ0v) is 13.1. The van der Waals surface area contributed by atoms with Gasteiger partial charge in [0.25, 0.3) is 0 Å². The van der Waals surface area contributed by atoms with Gasteiger partial charge in [0, 0.05) is 24.1 Å². The molecule has 112 valence electrons. The molecule has 2 aromatic carbocycles. The fourth-order valence-corrected chi connectivity index (χ4v) is 5.97. The number of esters is 1. The molecule has 5 rings (SSSR count). The van der Waals surface area contributed by atoms with Crippen molar-refractivity contribution in [3.63, 3.8) is 0 Å². The van der Waals surface area contributed by atoms with Gasteiger partial charge in [0.15, 0.2) is 0 Å². The molecule has 0 spiro atoms. The maximum atomic E-state index is 11.5. The topological polar surface area (TPSA) is 26.3 Å². The minimum Gasteiger partial charge on any atom is -0.462 e. The molecule has 2 fully saturated rings. The molecule has 2 aromatic rings. The normalized spacial score (nSPS) is 37.5. The molecule has 0 saturated heterocycles. The highest BCUT2D eigenvalue weighted by Gasteiger charge is 2.63. The van der Waals surface area contributed by atoms with Gasteiger partial charge in [-0.3, -0.25) is 4.79 Å². The Balaban J connectivity index is 1.70. The molecule has 0 unspecified atom stereocenters. The summed E-state index contributed by atoms with van der Waals surface area (Å²) in [4.78, 5) is 11.5. The average Bonchev–Trinajstić information content (AvgIpc) is 3.07. The van der Waals surface area contributed by atoms with Gasteiger partial charge in [-0.15, -0.1) is 11.6 Å². The Hall–Kier alpha value is -1.54. The van der Waals surface area contributed by atoms with Gasteiger partial charge in [0.2, 0.25) is 0 Å². The van der Waals surface area contributed by atoms with Crippen molar-refractivity contribution in [3.8, 4) is 0 Å². The second-order valence-electron chi connectivity index (χ2n) is 6.91. The first-order chi connectivity index (χ1) is 10.7. The van der Waals surface area contributed by atoms with Gasteiger partial charge in [-0.1, -0.05) is 36.4 Å². The Morgan fingerprint density at radius 1 is 1.14 bits per heavy atom. The largest absolute Gasteiger partial charge is 0.462 e. The average molecular weight is 313 g/mol. The Morgan fingerprint density at radius 3 is 2.50 bits per heavy atom. The molecule has 3 aliphatic carbocycles.